The summed E-state index contributed by atoms with van der Waals surface area (Å²) >= 11 is 0. The van der Waals surface area contributed by atoms with Crippen molar-refractivity contribution in [1.29, 1.82) is 0 Å². The molecule has 0 spiro atoms. The number of Topliss-reactive ketones (excluding diaryl/α,β-unsaturated/α-hetero) is 1. The highest BCUT2D eigenvalue weighted by Crippen LogP contribution is 2.19. The Kier molecular flexibility index (Phi) is 6.16. The van der Waals surface area contributed by atoms with E-state index in [1.807, 2.05) is 12.1 Å². The molecule has 27 heavy (non-hydrogen) atoms. The molecule has 6 nitrogen and oxygen atoms in total. The van der Waals surface area contributed by atoms with Crippen LogP contribution < -0.4 is 10.6 Å². The second kappa shape index (κ2) is 8.75. The highest BCUT2D eigenvalue weighted by molar-refractivity contribution is 5.95. The number of ketones is 1. The molecule has 2 N–H and O–H groups in total. The molecule has 1 aromatic carbocycles. The Morgan fingerprint density at radius 3 is 2.48 bits per heavy atom. The van der Waals surface area contributed by atoms with Crippen molar-refractivity contribution in [3.8, 4) is 0 Å². The minimum Gasteiger partial charge on any atom is -0.348 e. The summed E-state index contributed by atoms with van der Waals surface area (Å²) in [6, 6.07) is 9.08. The lowest BCUT2D eigenvalue weighted by Gasteiger charge is -2.16. The summed E-state index contributed by atoms with van der Waals surface area (Å²) in [4.78, 5) is 32.9. The number of nitrogens with zero attached hydrogens (tertiary/aromatic N) is 2. The Bertz CT molecular complexity index is 827. The van der Waals surface area contributed by atoms with Crippen molar-refractivity contribution in [3.05, 3.63) is 47.4 Å². The minimum absolute atomic E-state index is 0.000912. The maximum Gasteiger partial charge on any atom is 0.270 e. The second-order valence-corrected chi connectivity index (χ2v) is 7.11. The van der Waals surface area contributed by atoms with Gasteiger partial charge in [0.15, 0.2) is 5.78 Å². The fourth-order valence-corrected chi connectivity index (χ4v) is 3.39. The van der Waals surface area contributed by atoms with Gasteiger partial charge in [0.2, 0.25) is 0 Å². The van der Waals surface area contributed by atoms with Gasteiger partial charge in [-0.25, -0.2) is 9.97 Å². The van der Waals surface area contributed by atoms with Crippen molar-refractivity contribution in [2.45, 2.75) is 58.4 Å². The maximum atomic E-state index is 12.7. The molecule has 0 atom stereocenters. The molecule has 1 aromatic heterocycles. The molecule has 0 aliphatic heterocycles. The highest BCUT2D eigenvalue weighted by Gasteiger charge is 2.17. The molecule has 2 aromatic rings. The predicted molar refractivity (Wildman–Crippen MR) is 105 cm³/mol. The van der Waals surface area contributed by atoms with Crippen LogP contribution in [0.15, 0.2) is 30.3 Å². The summed E-state index contributed by atoms with van der Waals surface area (Å²) in [7, 11) is 0. The van der Waals surface area contributed by atoms with Gasteiger partial charge in [-0.05, 0) is 38.8 Å². The lowest BCUT2D eigenvalue weighted by atomic mass is 10.1. The molecule has 1 heterocycles. The molecule has 1 aliphatic rings. The Labute approximate surface area is 159 Å². The molecule has 1 fully saturated rings. The largest absolute Gasteiger partial charge is 0.348 e. The van der Waals surface area contributed by atoms with Gasteiger partial charge in [-0.3, -0.25) is 9.59 Å². The van der Waals surface area contributed by atoms with Gasteiger partial charge in [0.1, 0.15) is 17.3 Å². The molecule has 1 saturated carbocycles. The molecular weight excluding hydrogens is 340 g/mol. The summed E-state index contributed by atoms with van der Waals surface area (Å²) in [6.45, 7) is 3.30. The number of nitrogens with one attached hydrogen (secondary N) is 2. The number of aryl methyl sites for hydroxylation is 1. The third-order valence-corrected chi connectivity index (χ3v) is 4.80. The quantitative estimate of drug-likeness (QED) is 0.612. The molecule has 0 unspecified atom stereocenters. The van der Waals surface area contributed by atoms with Gasteiger partial charge in [-0.15, -0.1) is 0 Å². The zero-order chi connectivity index (χ0) is 19.2. The smallest absolute Gasteiger partial charge is 0.270 e. The van der Waals surface area contributed by atoms with Crippen LogP contribution in [0, 0.1) is 6.92 Å². The maximum absolute atomic E-state index is 12.7. The van der Waals surface area contributed by atoms with Crippen molar-refractivity contribution in [2.24, 2.45) is 0 Å². The van der Waals surface area contributed by atoms with Gasteiger partial charge in [-0.2, -0.15) is 0 Å². The molecule has 1 aliphatic carbocycles. The first kappa shape index (κ1) is 19.0. The molecule has 3 rings (SSSR count). The molecular formula is C21H26N4O2. The zero-order valence-electron chi connectivity index (χ0n) is 15.9. The highest BCUT2D eigenvalue weighted by atomic mass is 16.2. The number of amides is 1. The van der Waals surface area contributed by atoms with Crippen molar-refractivity contribution in [2.75, 3.05) is 5.32 Å². The van der Waals surface area contributed by atoms with Gasteiger partial charge in [0, 0.05) is 23.4 Å². The second-order valence-electron chi connectivity index (χ2n) is 7.11. The summed E-state index contributed by atoms with van der Waals surface area (Å²) in [6.07, 6.45) is 6.86. The van der Waals surface area contributed by atoms with Crippen LogP contribution >= 0.6 is 0 Å². The van der Waals surface area contributed by atoms with Crippen LogP contribution in [0.3, 0.4) is 0 Å². The van der Waals surface area contributed by atoms with Crippen LogP contribution in [0.5, 0.6) is 0 Å². The Balaban J connectivity index is 1.74. The molecule has 0 saturated heterocycles. The van der Waals surface area contributed by atoms with Gasteiger partial charge in [0.25, 0.3) is 5.91 Å². The first-order valence-electron chi connectivity index (χ1n) is 9.56. The van der Waals surface area contributed by atoms with Crippen LogP contribution in [-0.4, -0.2) is 27.7 Å². The number of hydrogen-bond acceptors (Lipinski definition) is 5. The number of benzene rings is 1. The summed E-state index contributed by atoms with van der Waals surface area (Å²) < 4.78 is 0. The van der Waals surface area contributed by atoms with E-state index in [2.05, 4.69) is 20.6 Å². The van der Waals surface area contributed by atoms with Crippen LogP contribution in [-0.2, 0) is 0 Å². The van der Waals surface area contributed by atoms with E-state index in [-0.39, 0.29) is 17.7 Å². The van der Waals surface area contributed by atoms with E-state index >= 15 is 0 Å². The van der Waals surface area contributed by atoms with E-state index in [1.165, 1.54) is 19.8 Å². The normalized spacial score (nSPS) is 15.0. The standard InChI is InChI=1S/C21H26N4O2/c1-14(26)16-8-7-11-18(12-16)24-20-13-19(22-15(2)23-20)21(27)25-17-9-5-3-4-6-10-17/h7-8,11-13,17H,3-6,9-10H2,1-2H3,(H,25,27)(H,22,23,24). The predicted octanol–water partition coefficient (Wildman–Crippen LogP) is 4.18. The number of anilines is 2. The van der Waals surface area contributed by atoms with E-state index in [9.17, 15) is 9.59 Å². The Morgan fingerprint density at radius 1 is 1.04 bits per heavy atom. The van der Waals surface area contributed by atoms with E-state index in [0.717, 1.165) is 31.4 Å². The Hall–Kier alpha value is -2.76. The number of carbonyl (C=O) groups is 2. The van der Waals surface area contributed by atoms with Crippen molar-refractivity contribution < 1.29 is 9.59 Å². The fourth-order valence-electron chi connectivity index (χ4n) is 3.39. The van der Waals surface area contributed by atoms with Gasteiger partial charge < -0.3 is 10.6 Å². The topological polar surface area (TPSA) is 84.0 Å². The van der Waals surface area contributed by atoms with E-state index < -0.39 is 0 Å². The van der Waals surface area contributed by atoms with Gasteiger partial charge >= 0.3 is 0 Å². The monoisotopic (exact) mass is 366 g/mol. The van der Waals surface area contributed by atoms with Gasteiger partial charge in [0.05, 0.1) is 0 Å². The SMILES string of the molecule is CC(=O)c1cccc(Nc2cc(C(=O)NC3CCCCCC3)nc(C)n2)c1. The number of rotatable bonds is 5. The first-order chi connectivity index (χ1) is 13.0. The van der Waals surface area contributed by atoms with Crippen LogP contribution in [0.25, 0.3) is 0 Å². The summed E-state index contributed by atoms with van der Waals surface area (Å²) in [5.74, 6) is 0.900. The Morgan fingerprint density at radius 2 is 1.78 bits per heavy atom. The summed E-state index contributed by atoms with van der Waals surface area (Å²) in [5, 5.41) is 6.28. The fraction of sp³-hybridized carbons (Fsp3) is 0.429. The van der Waals surface area contributed by atoms with Crippen molar-refractivity contribution >= 4 is 23.2 Å². The molecule has 0 radical (unpaired) electrons. The molecule has 0 bridgehead atoms. The first-order valence-corrected chi connectivity index (χ1v) is 9.56. The third-order valence-electron chi connectivity index (χ3n) is 4.80. The third kappa shape index (κ3) is 5.36. The number of carbonyl (C=O) groups excluding carboxylic acids is 2. The van der Waals surface area contributed by atoms with Crippen molar-refractivity contribution in [1.82, 2.24) is 15.3 Å². The van der Waals surface area contributed by atoms with Crippen LogP contribution in [0.1, 0.15) is 72.1 Å². The van der Waals surface area contributed by atoms with E-state index in [0.29, 0.717) is 22.9 Å². The van der Waals surface area contributed by atoms with Crippen molar-refractivity contribution in [3.63, 3.8) is 0 Å². The average molecular weight is 366 g/mol. The lowest BCUT2D eigenvalue weighted by molar-refractivity contribution is 0.0927. The minimum atomic E-state index is -0.159. The molecule has 1 amide bonds. The zero-order valence-corrected chi connectivity index (χ0v) is 15.9. The van der Waals surface area contributed by atoms with Gasteiger partial charge in [-0.1, -0.05) is 37.8 Å². The van der Waals surface area contributed by atoms with E-state index in [1.54, 1.807) is 25.1 Å². The van der Waals surface area contributed by atoms with Crippen LogP contribution in [0.4, 0.5) is 11.5 Å². The van der Waals surface area contributed by atoms with E-state index in [4.69, 9.17) is 0 Å². The molecule has 142 valence electrons. The summed E-state index contributed by atoms with van der Waals surface area (Å²) in [5.41, 5.74) is 1.73. The number of hydrogen-bond donors (Lipinski definition) is 2. The lowest BCUT2D eigenvalue weighted by Crippen LogP contribution is -2.35. The average Bonchev–Trinajstić information content (AvgIpc) is 2.90. The molecule has 6 heteroatoms. The van der Waals surface area contributed by atoms with Crippen LogP contribution in [0.2, 0.25) is 0 Å². The number of aromatic nitrogens is 2.